The normalized spacial score (nSPS) is 15.6. The maximum atomic E-state index is 12.9. The molecule has 2 aromatic rings. The van der Waals surface area contributed by atoms with Crippen molar-refractivity contribution in [1.82, 2.24) is 9.29 Å². The highest BCUT2D eigenvalue weighted by atomic mass is 32.2. The highest BCUT2D eigenvalue weighted by molar-refractivity contribution is 7.89. The summed E-state index contributed by atoms with van der Waals surface area (Å²) in [6.45, 7) is 3.52. The van der Waals surface area contributed by atoms with Crippen LogP contribution in [0.4, 0.5) is 5.69 Å². The van der Waals surface area contributed by atoms with Gasteiger partial charge in [0.2, 0.25) is 15.9 Å². The summed E-state index contributed by atoms with van der Waals surface area (Å²) in [6, 6.07) is 4.46. The number of carbonyl (C=O) groups excluding carboxylic acids is 1. The van der Waals surface area contributed by atoms with Gasteiger partial charge in [-0.25, -0.2) is 13.4 Å². The minimum atomic E-state index is -3.68. The molecule has 1 N–H and O–H groups in total. The smallest absolute Gasteiger partial charge is 0.248 e. The van der Waals surface area contributed by atoms with Crippen molar-refractivity contribution >= 4 is 39.0 Å². The largest absolute Gasteiger partial charge is 0.492 e. The lowest BCUT2D eigenvalue weighted by Gasteiger charge is -2.26. The number of morpholine rings is 1. The maximum Gasteiger partial charge on any atom is 0.248 e. The van der Waals surface area contributed by atoms with E-state index in [1.807, 2.05) is 12.3 Å². The van der Waals surface area contributed by atoms with E-state index in [1.54, 1.807) is 17.7 Å². The van der Waals surface area contributed by atoms with Crippen LogP contribution >= 0.6 is 11.3 Å². The number of nitrogens with zero attached hydrogens (tertiary/aromatic N) is 2. The van der Waals surface area contributed by atoms with Crippen LogP contribution in [0.25, 0.3) is 6.08 Å². The topological polar surface area (TPSA) is 97.8 Å². The van der Waals surface area contributed by atoms with Crippen molar-refractivity contribution < 1.29 is 22.7 Å². The molecule has 1 fully saturated rings. The molecule has 8 nitrogen and oxygen atoms in total. The standard InChI is InChI=1S/C18H21N3O5S2/c1-2-26-17-5-4-15(28(23,24)21-7-9-25-10-8-21)11-16(17)20-18(22)6-3-14-12-27-13-19-14/h3-6,11-13H,2,7-10H2,1H3,(H,20,22)/b6-3+. The van der Waals surface area contributed by atoms with Gasteiger partial charge in [0.05, 0.1) is 41.6 Å². The molecule has 0 radical (unpaired) electrons. The molecule has 1 aliphatic rings. The number of nitrogens with one attached hydrogen (secondary N) is 1. The molecule has 1 aromatic heterocycles. The Morgan fingerprint density at radius 2 is 2.18 bits per heavy atom. The molecule has 28 heavy (non-hydrogen) atoms. The number of hydrogen-bond donors (Lipinski definition) is 1. The molecule has 1 amide bonds. The van der Waals surface area contributed by atoms with Crippen molar-refractivity contribution in [3.05, 3.63) is 40.9 Å². The van der Waals surface area contributed by atoms with Crippen molar-refractivity contribution in [3.63, 3.8) is 0 Å². The number of benzene rings is 1. The van der Waals surface area contributed by atoms with Gasteiger partial charge in [-0.05, 0) is 31.2 Å². The summed E-state index contributed by atoms with van der Waals surface area (Å²) >= 11 is 1.43. The molecule has 10 heteroatoms. The summed E-state index contributed by atoms with van der Waals surface area (Å²) in [7, 11) is -3.68. The first-order chi connectivity index (χ1) is 13.5. The molecular formula is C18H21N3O5S2. The third kappa shape index (κ3) is 4.96. The van der Waals surface area contributed by atoms with Gasteiger partial charge < -0.3 is 14.8 Å². The van der Waals surface area contributed by atoms with E-state index in [0.717, 1.165) is 0 Å². The zero-order valence-corrected chi connectivity index (χ0v) is 17.0. The number of sulfonamides is 1. The SMILES string of the molecule is CCOc1ccc(S(=O)(=O)N2CCOCC2)cc1NC(=O)/C=C/c1cscn1. The molecule has 150 valence electrons. The molecule has 0 atom stereocenters. The summed E-state index contributed by atoms with van der Waals surface area (Å²) in [4.78, 5) is 16.4. The third-order valence-electron chi connectivity index (χ3n) is 3.97. The Labute approximate surface area is 167 Å². The molecule has 0 aliphatic carbocycles. The molecule has 3 rings (SSSR count). The number of aromatic nitrogens is 1. The molecule has 1 saturated heterocycles. The van der Waals surface area contributed by atoms with Crippen LogP contribution in [0.2, 0.25) is 0 Å². The van der Waals surface area contributed by atoms with Crippen LogP contribution in [0.15, 0.2) is 40.1 Å². The van der Waals surface area contributed by atoms with Crippen molar-refractivity contribution in [1.29, 1.82) is 0 Å². The van der Waals surface area contributed by atoms with Gasteiger partial charge in [-0.15, -0.1) is 11.3 Å². The molecule has 1 aliphatic heterocycles. The number of rotatable bonds is 7. The first-order valence-electron chi connectivity index (χ1n) is 8.72. The summed E-state index contributed by atoms with van der Waals surface area (Å²) in [5, 5.41) is 4.50. The number of carbonyl (C=O) groups is 1. The van der Waals surface area contributed by atoms with Crippen molar-refractivity contribution in [2.24, 2.45) is 0 Å². The average Bonchev–Trinajstić information content (AvgIpc) is 3.22. The molecule has 2 heterocycles. The summed E-state index contributed by atoms with van der Waals surface area (Å²) < 4.78 is 37.9. The second kappa shape index (κ2) is 9.28. The molecule has 0 spiro atoms. The Kier molecular flexibility index (Phi) is 6.79. The predicted octanol–water partition coefficient (Wildman–Crippen LogP) is 2.21. The molecule has 0 unspecified atom stereocenters. The van der Waals surface area contributed by atoms with E-state index in [-0.39, 0.29) is 4.90 Å². The second-order valence-corrected chi connectivity index (χ2v) is 8.50. The summed E-state index contributed by atoms with van der Waals surface area (Å²) in [5.74, 6) is -0.00582. The van der Waals surface area contributed by atoms with Gasteiger partial charge in [-0.2, -0.15) is 4.31 Å². The Bertz CT molecular complexity index is 936. The molecular weight excluding hydrogens is 402 g/mol. The van der Waals surface area contributed by atoms with Gasteiger partial charge in [-0.1, -0.05) is 0 Å². The Morgan fingerprint density at radius 1 is 1.39 bits per heavy atom. The Hall–Kier alpha value is -2.27. The molecule has 1 aromatic carbocycles. The maximum absolute atomic E-state index is 12.9. The third-order valence-corrected chi connectivity index (χ3v) is 6.47. The van der Waals surface area contributed by atoms with Crippen LogP contribution in [-0.2, 0) is 19.6 Å². The van der Waals surface area contributed by atoms with Crippen molar-refractivity contribution in [3.8, 4) is 5.75 Å². The van der Waals surface area contributed by atoms with Crippen molar-refractivity contribution in [2.45, 2.75) is 11.8 Å². The monoisotopic (exact) mass is 423 g/mol. The number of anilines is 1. The lowest BCUT2D eigenvalue weighted by atomic mass is 10.3. The van der Waals surface area contributed by atoms with E-state index in [0.29, 0.717) is 50.0 Å². The first kappa shape index (κ1) is 20.5. The minimum absolute atomic E-state index is 0.0941. The summed E-state index contributed by atoms with van der Waals surface area (Å²) in [6.07, 6.45) is 2.93. The van der Waals surface area contributed by atoms with Gasteiger partial charge >= 0.3 is 0 Å². The number of ether oxygens (including phenoxy) is 2. The predicted molar refractivity (Wildman–Crippen MR) is 107 cm³/mol. The Balaban J connectivity index is 1.83. The van der Waals surface area contributed by atoms with Crippen LogP contribution in [0.3, 0.4) is 0 Å². The van der Waals surface area contributed by atoms with Gasteiger partial charge in [0.1, 0.15) is 5.75 Å². The molecule has 0 saturated carbocycles. The summed E-state index contributed by atoms with van der Waals surface area (Å²) in [5.41, 5.74) is 2.64. The Morgan fingerprint density at radius 3 is 2.86 bits per heavy atom. The van der Waals surface area contributed by atoms with Crippen LogP contribution in [0.5, 0.6) is 5.75 Å². The average molecular weight is 424 g/mol. The zero-order chi connectivity index (χ0) is 20.0. The van der Waals surface area contributed by atoms with E-state index in [2.05, 4.69) is 10.3 Å². The lowest BCUT2D eigenvalue weighted by Crippen LogP contribution is -2.40. The van der Waals surface area contributed by atoms with Gasteiger partial charge in [-0.3, -0.25) is 4.79 Å². The highest BCUT2D eigenvalue weighted by Gasteiger charge is 2.27. The fourth-order valence-corrected chi connectivity index (χ4v) is 4.58. The van der Waals surface area contributed by atoms with Crippen molar-refractivity contribution in [2.75, 3.05) is 38.2 Å². The number of amides is 1. The fourth-order valence-electron chi connectivity index (χ4n) is 2.62. The second-order valence-electron chi connectivity index (χ2n) is 5.84. The van der Waals surface area contributed by atoms with E-state index >= 15 is 0 Å². The van der Waals surface area contributed by atoms with Gasteiger partial charge in [0.25, 0.3) is 0 Å². The lowest BCUT2D eigenvalue weighted by molar-refractivity contribution is -0.111. The van der Waals surface area contributed by atoms with Crippen LogP contribution in [-0.4, -0.2) is 56.5 Å². The zero-order valence-electron chi connectivity index (χ0n) is 15.3. The van der Waals surface area contributed by atoms with E-state index in [4.69, 9.17) is 9.47 Å². The number of thiazole rings is 1. The minimum Gasteiger partial charge on any atom is -0.492 e. The van der Waals surface area contributed by atoms with Gasteiger partial charge in [0, 0.05) is 24.5 Å². The van der Waals surface area contributed by atoms with E-state index in [1.165, 1.54) is 33.9 Å². The number of hydrogen-bond acceptors (Lipinski definition) is 7. The fraction of sp³-hybridized carbons (Fsp3) is 0.333. The van der Waals surface area contributed by atoms with Crippen LogP contribution in [0.1, 0.15) is 12.6 Å². The quantitative estimate of drug-likeness (QED) is 0.686. The molecule has 0 bridgehead atoms. The highest BCUT2D eigenvalue weighted by Crippen LogP contribution is 2.29. The van der Waals surface area contributed by atoms with E-state index < -0.39 is 15.9 Å². The van der Waals surface area contributed by atoms with Gasteiger partial charge in [0.15, 0.2) is 0 Å². The first-order valence-corrected chi connectivity index (χ1v) is 11.1. The van der Waals surface area contributed by atoms with Crippen LogP contribution < -0.4 is 10.1 Å². The van der Waals surface area contributed by atoms with Crippen LogP contribution in [0, 0.1) is 0 Å². The van der Waals surface area contributed by atoms with E-state index in [9.17, 15) is 13.2 Å².